The molecule has 2 aliphatic rings. The van der Waals surface area contributed by atoms with Crippen LogP contribution < -0.4 is 5.32 Å². The molecule has 2 rings (SSSR count). The van der Waals surface area contributed by atoms with Gasteiger partial charge in [0.2, 0.25) is 0 Å². The predicted molar refractivity (Wildman–Crippen MR) is 71.5 cm³/mol. The van der Waals surface area contributed by atoms with Crippen molar-refractivity contribution < 1.29 is 9.53 Å². The maximum Gasteiger partial charge on any atom is 0.410 e. The van der Waals surface area contributed by atoms with Crippen LogP contribution in [0.2, 0.25) is 0 Å². The lowest BCUT2D eigenvalue weighted by Gasteiger charge is -2.30. The minimum Gasteiger partial charge on any atom is -0.444 e. The predicted octanol–water partition coefficient (Wildman–Crippen LogP) is 2.24. The Morgan fingerprint density at radius 1 is 1.44 bits per heavy atom. The Balaban J connectivity index is 1.91. The zero-order valence-corrected chi connectivity index (χ0v) is 12.0. The van der Waals surface area contributed by atoms with Crippen molar-refractivity contribution in [3.63, 3.8) is 0 Å². The lowest BCUT2D eigenvalue weighted by atomic mass is 10.1. The first kappa shape index (κ1) is 13.7. The van der Waals surface area contributed by atoms with Crippen LogP contribution in [0.15, 0.2) is 0 Å². The third-order valence-electron chi connectivity index (χ3n) is 3.94. The lowest BCUT2D eigenvalue weighted by molar-refractivity contribution is 0.0187. The largest absolute Gasteiger partial charge is 0.444 e. The first-order valence-electron chi connectivity index (χ1n) is 7.08. The summed E-state index contributed by atoms with van der Waals surface area (Å²) in [6.45, 7) is 7.69. The molecule has 1 saturated heterocycles. The number of hydrogen-bond acceptors (Lipinski definition) is 3. The first-order valence-corrected chi connectivity index (χ1v) is 7.08. The van der Waals surface area contributed by atoms with Gasteiger partial charge in [0.1, 0.15) is 5.60 Å². The van der Waals surface area contributed by atoms with Crippen LogP contribution in [0.3, 0.4) is 0 Å². The number of amides is 1. The van der Waals surface area contributed by atoms with Gasteiger partial charge >= 0.3 is 6.09 Å². The molecule has 0 bridgehead atoms. The Hall–Kier alpha value is -0.770. The van der Waals surface area contributed by atoms with Crippen molar-refractivity contribution in [2.75, 3.05) is 20.1 Å². The fourth-order valence-corrected chi connectivity index (χ4v) is 3.15. The highest BCUT2D eigenvalue weighted by atomic mass is 16.6. The fraction of sp³-hybridized carbons (Fsp3) is 0.929. The Bertz CT molecular complexity index is 311. The van der Waals surface area contributed by atoms with E-state index in [1.807, 2.05) is 32.7 Å². The third-order valence-corrected chi connectivity index (χ3v) is 3.94. The van der Waals surface area contributed by atoms with Crippen molar-refractivity contribution in [2.24, 2.45) is 11.8 Å². The summed E-state index contributed by atoms with van der Waals surface area (Å²) in [6.07, 6.45) is 3.45. The molecule has 1 saturated carbocycles. The van der Waals surface area contributed by atoms with E-state index in [9.17, 15) is 4.79 Å². The normalized spacial score (nSPS) is 30.9. The summed E-state index contributed by atoms with van der Waals surface area (Å²) in [7, 11) is 1.98. The first-order chi connectivity index (χ1) is 8.44. The van der Waals surface area contributed by atoms with E-state index in [1.54, 1.807) is 0 Å². The van der Waals surface area contributed by atoms with Gasteiger partial charge in [-0.05, 0) is 65.5 Å². The molecule has 0 aromatic rings. The summed E-state index contributed by atoms with van der Waals surface area (Å²) >= 11 is 0. The second-order valence-corrected chi connectivity index (χ2v) is 6.53. The number of likely N-dealkylation sites (tertiary alicyclic amines) is 1. The number of nitrogens with one attached hydrogen (secondary N) is 1. The molecule has 0 spiro atoms. The highest BCUT2D eigenvalue weighted by Gasteiger charge is 2.56. The van der Waals surface area contributed by atoms with Gasteiger partial charge in [-0.2, -0.15) is 0 Å². The van der Waals surface area contributed by atoms with E-state index in [2.05, 4.69) is 5.32 Å². The van der Waals surface area contributed by atoms with Crippen LogP contribution in [0.5, 0.6) is 0 Å². The fourth-order valence-electron chi connectivity index (χ4n) is 3.15. The monoisotopic (exact) mass is 254 g/mol. The molecule has 3 atom stereocenters. The van der Waals surface area contributed by atoms with Gasteiger partial charge in [0.25, 0.3) is 0 Å². The molecule has 1 N–H and O–H groups in total. The molecule has 4 nitrogen and oxygen atoms in total. The molecule has 1 heterocycles. The summed E-state index contributed by atoms with van der Waals surface area (Å²) < 4.78 is 5.50. The minimum atomic E-state index is -0.389. The van der Waals surface area contributed by atoms with Gasteiger partial charge in [-0.15, -0.1) is 0 Å². The van der Waals surface area contributed by atoms with Gasteiger partial charge in [-0.3, -0.25) is 0 Å². The number of fused-ring (bicyclic) bond motifs is 1. The van der Waals surface area contributed by atoms with Crippen LogP contribution in [0.4, 0.5) is 4.79 Å². The maximum absolute atomic E-state index is 12.2. The van der Waals surface area contributed by atoms with Crippen LogP contribution in [-0.2, 0) is 4.74 Å². The lowest BCUT2D eigenvalue weighted by Crippen LogP contribution is -2.41. The maximum atomic E-state index is 12.2. The van der Waals surface area contributed by atoms with Crippen molar-refractivity contribution in [3.05, 3.63) is 0 Å². The summed E-state index contributed by atoms with van der Waals surface area (Å²) in [5.74, 6) is 1.41. The van der Waals surface area contributed by atoms with E-state index >= 15 is 0 Å². The molecule has 4 heteroatoms. The van der Waals surface area contributed by atoms with Crippen molar-refractivity contribution in [2.45, 2.75) is 51.7 Å². The molecule has 2 fully saturated rings. The highest BCUT2D eigenvalue weighted by molar-refractivity contribution is 5.69. The molecular formula is C14H26N2O2. The van der Waals surface area contributed by atoms with Gasteiger partial charge in [0.15, 0.2) is 0 Å². The molecule has 1 aliphatic heterocycles. The molecule has 0 aromatic heterocycles. The van der Waals surface area contributed by atoms with E-state index < -0.39 is 0 Å². The smallest absolute Gasteiger partial charge is 0.410 e. The van der Waals surface area contributed by atoms with Crippen LogP contribution in [-0.4, -0.2) is 42.8 Å². The van der Waals surface area contributed by atoms with Crippen LogP contribution >= 0.6 is 0 Å². The number of piperidine rings is 1. The van der Waals surface area contributed by atoms with Gasteiger partial charge in [0.05, 0.1) is 0 Å². The number of nitrogens with zero attached hydrogens (tertiary/aromatic N) is 1. The Morgan fingerprint density at radius 2 is 2.17 bits per heavy atom. The zero-order chi connectivity index (χ0) is 13.3. The molecule has 1 amide bonds. The van der Waals surface area contributed by atoms with E-state index in [-0.39, 0.29) is 11.7 Å². The van der Waals surface area contributed by atoms with Crippen molar-refractivity contribution in [1.29, 1.82) is 0 Å². The molecule has 0 radical (unpaired) electrons. The van der Waals surface area contributed by atoms with Crippen LogP contribution in [0, 0.1) is 11.8 Å². The van der Waals surface area contributed by atoms with Crippen LogP contribution in [0.25, 0.3) is 0 Å². The van der Waals surface area contributed by atoms with E-state index in [0.717, 1.165) is 25.4 Å². The van der Waals surface area contributed by atoms with E-state index in [0.29, 0.717) is 12.0 Å². The molecule has 18 heavy (non-hydrogen) atoms. The van der Waals surface area contributed by atoms with Crippen LogP contribution in [0.1, 0.15) is 40.0 Å². The second-order valence-electron chi connectivity index (χ2n) is 6.53. The zero-order valence-electron chi connectivity index (χ0n) is 12.0. The number of carbonyl (C=O) groups excluding carboxylic acids is 1. The average Bonchev–Trinajstić information content (AvgIpc) is 2.97. The Morgan fingerprint density at radius 3 is 2.78 bits per heavy atom. The number of hydrogen-bond donors (Lipinski definition) is 1. The number of rotatable bonds is 3. The molecule has 1 aliphatic carbocycles. The standard InChI is InChI=1S/C14H26N2O2/c1-14(2,3)18-13(17)16-9-5-6-10-11(12(10)16)7-8-15-4/h10-12,15H,5-9H2,1-4H3/t10-,11?,12-/m1/s1. The number of carbonyl (C=O) groups is 1. The van der Waals surface area contributed by atoms with Crippen molar-refractivity contribution in [3.8, 4) is 0 Å². The summed E-state index contributed by atoms with van der Waals surface area (Å²) in [5.41, 5.74) is -0.389. The highest BCUT2D eigenvalue weighted by Crippen LogP contribution is 2.51. The van der Waals surface area contributed by atoms with Crippen molar-refractivity contribution >= 4 is 6.09 Å². The SMILES string of the molecule is CNCCC1[C@H]2CCCN(C(=O)OC(C)(C)C)[C@@H]12. The van der Waals surface area contributed by atoms with Gasteiger partial charge in [-0.1, -0.05) is 0 Å². The van der Waals surface area contributed by atoms with Crippen molar-refractivity contribution in [1.82, 2.24) is 10.2 Å². The van der Waals surface area contributed by atoms with Gasteiger partial charge in [-0.25, -0.2) is 4.79 Å². The topological polar surface area (TPSA) is 41.6 Å². The molecule has 1 unspecified atom stereocenters. The molecular weight excluding hydrogens is 228 g/mol. The second kappa shape index (κ2) is 5.08. The van der Waals surface area contributed by atoms with E-state index in [1.165, 1.54) is 12.8 Å². The summed E-state index contributed by atoms with van der Waals surface area (Å²) in [6, 6.07) is 0.446. The van der Waals surface area contributed by atoms with Gasteiger partial charge in [0, 0.05) is 12.6 Å². The summed E-state index contributed by atoms with van der Waals surface area (Å²) in [4.78, 5) is 14.1. The quantitative estimate of drug-likeness (QED) is 0.840. The summed E-state index contributed by atoms with van der Waals surface area (Å²) in [5, 5.41) is 3.20. The van der Waals surface area contributed by atoms with Gasteiger partial charge < -0.3 is 15.0 Å². The molecule has 0 aromatic carbocycles. The average molecular weight is 254 g/mol. The minimum absolute atomic E-state index is 0.121. The molecule has 104 valence electrons. The Kier molecular flexibility index (Phi) is 3.85. The number of ether oxygens (including phenoxy) is 1. The van der Waals surface area contributed by atoms with E-state index in [4.69, 9.17) is 4.74 Å². The Labute approximate surface area is 110 Å². The third kappa shape index (κ3) is 2.97.